The average molecular weight is 332 g/mol. The highest BCUT2D eigenvalue weighted by atomic mass is 79.9. The maximum Gasteiger partial charge on any atom is 0.174 e. The van der Waals surface area contributed by atoms with E-state index < -0.39 is 5.60 Å². The van der Waals surface area contributed by atoms with Crippen molar-refractivity contribution in [3.05, 3.63) is 22.2 Å². The molecular weight excluding hydrogens is 310 g/mol. The molecule has 1 unspecified atom stereocenters. The van der Waals surface area contributed by atoms with Crippen LogP contribution in [-0.2, 0) is 6.54 Å². The van der Waals surface area contributed by atoms with Crippen molar-refractivity contribution in [2.24, 2.45) is 0 Å². The van der Waals surface area contributed by atoms with E-state index in [9.17, 15) is 5.11 Å². The number of nitrogens with one attached hydrogen (secondary N) is 1. The van der Waals surface area contributed by atoms with Crippen LogP contribution >= 0.6 is 15.9 Å². The first kappa shape index (κ1) is 16.3. The van der Waals surface area contributed by atoms with Crippen LogP contribution in [0.1, 0.15) is 25.8 Å². The van der Waals surface area contributed by atoms with Gasteiger partial charge in [0.05, 0.1) is 24.3 Å². The Morgan fingerprint density at radius 1 is 1.32 bits per heavy atom. The van der Waals surface area contributed by atoms with Crippen molar-refractivity contribution in [3.63, 3.8) is 0 Å². The molecule has 0 fully saturated rings. The van der Waals surface area contributed by atoms with Crippen LogP contribution in [0.25, 0.3) is 0 Å². The maximum atomic E-state index is 9.92. The summed E-state index contributed by atoms with van der Waals surface area (Å²) >= 11 is 3.46. The lowest BCUT2D eigenvalue weighted by Gasteiger charge is -2.22. The van der Waals surface area contributed by atoms with Crippen LogP contribution in [0.2, 0.25) is 0 Å². The lowest BCUT2D eigenvalue weighted by Crippen LogP contribution is -2.36. The first-order valence-corrected chi connectivity index (χ1v) is 7.06. The zero-order chi connectivity index (χ0) is 14.5. The van der Waals surface area contributed by atoms with Gasteiger partial charge in [-0.3, -0.25) is 0 Å². The number of halogens is 1. The average Bonchev–Trinajstić information content (AvgIpc) is 2.37. The SMILES string of the molecule is CCC(C)(O)CNCc1cc(Br)c(OC)c(OC)c1. The highest BCUT2D eigenvalue weighted by Crippen LogP contribution is 2.36. The summed E-state index contributed by atoms with van der Waals surface area (Å²) in [5, 5.41) is 13.2. The van der Waals surface area contributed by atoms with Gasteiger partial charge in [0.25, 0.3) is 0 Å². The Bertz CT molecular complexity index is 421. The molecule has 1 rings (SSSR count). The number of hydrogen-bond donors (Lipinski definition) is 2. The third-order valence-corrected chi connectivity index (χ3v) is 3.68. The molecule has 108 valence electrons. The summed E-state index contributed by atoms with van der Waals surface area (Å²) in [4.78, 5) is 0. The molecule has 0 spiro atoms. The van der Waals surface area contributed by atoms with E-state index in [1.807, 2.05) is 26.0 Å². The maximum absolute atomic E-state index is 9.92. The Labute approximate surface area is 123 Å². The molecule has 0 aliphatic rings. The van der Waals surface area contributed by atoms with Gasteiger partial charge in [-0.15, -0.1) is 0 Å². The summed E-state index contributed by atoms with van der Waals surface area (Å²) in [6, 6.07) is 3.91. The standard InChI is InChI=1S/C14H22BrNO3/c1-5-14(2,17)9-16-8-10-6-11(15)13(19-4)12(7-10)18-3/h6-7,16-17H,5,8-9H2,1-4H3. The predicted molar refractivity (Wildman–Crippen MR) is 79.9 cm³/mol. The zero-order valence-corrected chi connectivity index (χ0v) is 13.5. The fourth-order valence-corrected chi connectivity index (χ4v) is 2.33. The van der Waals surface area contributed by atoms with E-state index in [4.69, 9.17) is 9.47 Å². The molecule has 0 aliphatic carbocycles. The van der Waals surface area contributed by atoms with E-state index in [-0.39, 0.29) is 0 Å². The number of aliphatic hydroxyl groups is 1. The van der Waals surface area contributed by atoms with Crippen LogP contribution < -0.4 is 14.8 Å². The quantitative estimate of drug-likeness (QED) is 0.806. The summed E-state index contributed by atoms with van der Waals surface area (Å²) in [6.45, 7) is 5.00. The molecule has 0 aromatic heterocycles. The van der Waals surface area contributed by atoms with Gasteiger partial charge in [-0.2, -0.15) is 0 Å². The van der Waals surface area contributed by atoms with Gasteiger partial charge in [-0.25, -0.2) is 0 Å². The molecule has 0 heterocycles. The van der Waals surface area contributed by atoms with Crippen molar-refractivity contribution in [2.45, 2.75) is 32.4 Å². The summed E-state index contributed by atoms with van der Waals surface area (Å²) in [7, 11) is 3.22. The molecule has 1 atom stereocenters. The first-order valence-electron chi connectivity index (χ1n) is 6.27. The number of hydrogen-bond acceptors (Lipinski definition) is 4. The molecule has 5 heteroatoms. The summed E-state index contributed by atoms with van der Waals surface area (Å²) in [5.74, 6) is 1.38. The fourth-order valence-electron chi connectivity index (χ4n) is 1.67. The highest BCUT2D eigenvalue weighted by molar-refractivity contribution is 9.10. The second-order valence-electron chi connectivity index (χ2n) is 4.77. The molecule has 1 aromatic carbocycles. The highest BCUT2D eigenvalue weighted by Gasteiger charge is 2.17. The molecule has 0 aliphatic heterocycles. The molecule has 0 saturated carbocycles. The van der Waals surface area contributed by atoms with Gasteiger partial charge < -0.3 is 19.9 Å². The smallest absolute Gasteiger partial charge is 0.174 e. The van der Waals surface area contributed by atoms with E-state index in [1.54, 1.807) is 14.2 Å². The van der Waals surface area contributed by atoms with Crippen LogP contribution in [0, 0.1) is 0 Å². The van der Waals surface area contributed by atoms with Crippen LogP contribution in [0.4, 0.5) is 0 Å². The lowest BCUT2D eigenvalue weighted by atomic mass is 10.0. The minimum Gasteiger partial charge on any atom is -0.493 e. The summed E-state index contributed by atoms with van der Waals surface area (Å²) in [5.41, 5.74) is 0.393. The number of methoxy groups -OCH3 is 2. The van der Waals surface area contributed by atoms with E-state index in [2.05, 4.69) is 21.2 Å². The van der Waals surface area contributed by atoms with Gasteiger partial charge in [0.2, 0.25) is 0 Å². The Hall–Kier alpha value is -0.780. The van der Waals surface area contributed by atoms with Gasteiger partial charge in [-0.05, 0) is 47.0 Å². The molecule has 0 radical (unpaired) electrons. The minimum absolute atomic E-state index is 0.551. The second kappa shape index (κ2) is 7.12. The molecule has 0 bridgehead atoms. The van der Waals surface area contributed by atoms with Crippen LogP contribution in [0.5, 0.6) is 11.5 Å². The third kappa shape index (κ3) is 4.67. The van der Waals surface area contributed by atoms with E-state index in [0.717, 1.165) is 16.5 Å². The molecular formula is C14H22BrNO3. The topological polar surface area (TPSA) is 50.7 Å². The van der Waals surface area contributed by atoms with Gasteiger partial charge in [0.1, 0.15) is 0 Å². The molecule has 0 amide bonds. The molecule has 19 heavy (non-hydrogen) atoms. The Morgan fingerprint density at radius 2 is 2.00 bits per heavy atom. The minimum atomic E-state index is -0.673. The van der Waals surface area contributed by atoms with Crippen LogP contribution in [0.3, 0.4) is 0 Å². The molecule has 4 nitrogen and oxygen atoms in total. The zero-order valence-electron chi connectivity index (χ0n) is 11.9. The van der Waals surface area contributed by atoms with Crippen molar-refractivity contribution in [1.82, 2.24) is 5.32 Å². The van der Waals surface area contributed by atoms with Gasteiger partial charge >= 0.3 is 0 Å². The van der Waals surface area contributed by atoms with Crippen molar-refractivity contribution < 1.29 is 14.6 Å². The lowest BCUT2D eigenvalue weighted by molar-refractivity contribution is 0.0555. The molecule has 2 N–H and O–H groups in total. The van der Waals surface area contributed by atoms with Gasteiger partial charge in [0.15, 0.2) is 11.5 Å². The summed E-state index contributed by atoms with van der Waals surface area (Å²) < 4.78 is 11.4. The van der Waals surface area contributed by atoms with Crippen molar-refractivity contribution in [3.8, 4) is 11.5 Å². The largest absolute Gasteiger partial charge is 0.493 e. The van der Waals surface area contributed by atoms with Crippen molar-refractivity contribution >= 4 is 15.9 Å². The Balaban J connectivity index is 2.72. The monoisotopic (exact) mass is 331 g/mol. The van der Waals surface area contributed by atoms with Gasteiger partial charge in [-0.1, -0.05) is 6.92 Å². The Kier molecular flexibility index (Phi) is 6.10. The fraction of sp³-hybridized carbons (Fsp3) is 0.571. The van der Waals surface area contributed by atoms with Gasteiger partial charge in [0, 0.05) is 13.1 Å². The van der Waals surface area contributed by atoms with Crippen molar-refractivity contribution in [1.29, 1.82) is 0 Å². The van der Waals surface area contributed by atoms with Crippen LogP contribution in [0.15, 0.2) is 16.6 Å². The predicted octanol–water partition coefficient (Wildman–Crippen LogP) is 2.72. The Morgan fingerprint density at radius 3 is 2.53 bits per heavy atom. The van der Waals surface area contributed by atoms with E-state index >= 15 is 0 Å². The number of rotatable bonds is 7. The molecule has 1 aromatic rings. The number of ether oxygens (including phenoxy) is 2. The molecule has 0 saturated heterocycles. The van der Waals surface area contributed by atoms with Crippen molar-refractivity contribution in [2.75, 3.05) is 20.8 Å². The first-order chi connectivity index (χ1) is 8.93. The van der Waals surface area contributed by atoms with E-state index in [0.29, 0.717) is 24.6 Å². The number of benzene rings is 1. The summed E-state index contributed by atoms with van der Waals surface area (Å²) in [6.07, 6.45) is 0.718. The second-order valence-corrected chi connectivity index (χ2v) is 5.62. The van der Waals surface area contributed by atoms with Crippen LogP contribution in [-0.4, -0.2) is 31.5 Å². The van der Waals surface area contributed by atoms with E-state index in [1.165, 1.54) is 0 Å². The third-order valence-electron chi connectivity index (χ3n) is 3.09. The normalized spacial score (nSPS) is 14.0.